The number of para-hydroxylation sites is 4. The van der Waals surface area contributed by atoms with Gasteiger partial charge in [0, 0.05) is 75.0 Å². The first-order valence-electron chi connectivity index (χ1n) is 19.9. The van der Waals surface area contributed by atoms with Gasteiger partial charge in [0.25, 0.3) is 0 Å². The zero-order chi connectivity index (χ0) is 40.3. The first kappa shape index (κ1) is 34.5. The summed E-state index contributed by atoms with van der Waals surface area (Å²) < 4.78 is 18.8. The molecule has 0 aliphatic rings. The Balaban J connectivity index is 0.903. The van der Waals surface area contributed by atoms with Crippen LogP contribution in [0.25, 0.3) is 77.8 Å². The van der Waals surface area contributed by atoms with Crippen LogP contribution in [-0.2, 0) is 0 Å². The van der Waals surface area contributed by atoms with Crippen LogP contribution in [0.15, 0.2) is 208 Å². The zero-order valence-electron chi connectivity index (χ0n) is 32.4. The summed E-state index contributed by atoms with van der Waals surface area (Å²) in [5, 5.41) is 4.26. The van der Waals surface area contributed by atoms with Crippen molar-refractivity contribution in [3.63, 3.8) is 0 Å². The van der Waals surface area contributed by atoms with Crippen LogP contribution in [0, 0.1) is 0 Å². The summed E-state index contributed by atoms with van der Waals surface area (Å²) in [6.45, 7) is 0. The van der Waals surface area contributed by atoms with E-state index in [0.717, 1.165) is 100 Å². The van der Waals surface area contributed by atoms with E-state index in [1.165, 1.54) is 0 Å². The lowest BCUT2D eigenvalue weighted by Gasteiger charge is -2.25. The van der Waals surface area contributed by atoms with E-state index in [9.17, 15) is 0 Å². The van der Waals surface area contributed by atoms with Gasteiger partial charge < -0.3 is 23.1 Å². The molecular weight excluding hydrogens is 757 g/mol. The topological polar surface area (TPSA) is 97.5 Å². The molecule has 5 heterocycles. The number of hydrogen-bond donors (Lipinski definition) is 0. The number of benzene rings is 7. The van der Waals surface area contributed by atoms with Crippen LogP contribution >= 0.6 is 0 Å². The van der Waals surface area contributed by atoms with Crippen molar-refractivity contribution in [1.82, 2.24) is 19.9 Å². The molecule has 0 saturated carbocycles. The van der Waals surface area contributed by atoms with E-state index in [0.29, 0.717) is 11.8 Å². The third kappa shape index (κ3) is 6.11. The van der Waals surface area contributed by atoms with Crippen LogP contribution < -0.4 is 9.80 Å². The molecule has 0 fully saturated rings. The molecule has 0 amide bonds. The van der Waals surface area contributed by atoms with Gasteiger partial charge in [-0.05, 0) is 144 Å². The average molecular weight is 789 g/mol. The van der Waals surface area contributed by atoms with Gasteiger partial charge in [-0.2, -0.15) is 0 Å². The second-order valence-corrected chi connectivity index (χ2v) is 14.8. The molecule has 0 spiro atoms. The quantitative estimate of drug-likeness (QED) is 0.149. The third-order valence-electron chi connectivity index (χ3n) is 11.1. The van der Waals surface area contributed by atoms with Crippen molar-refractivity contribution >= 4 is 89.0 Å². The van der Waals surface area contributed by atoms with Crippen molar-refractivity contribution in [3.8, 4) is 22.9 Å². The van der Waals surface area contributed by atoms with E-state index in [2.05, 4.69) is 98.6 Å². The van der Waals surface area contributed by atoms with Crippen LogP contribution in [0.2, 0.25) is 0 Å². The van der Waals surface area contributed by atoms with Crippen LogP contribution in [0.5, 0.6) is 0 Å². The summed E-state index contributed by atoms with van der Waals surface area (Å²) in [6, 6.07) is 57.4. The molecule has 0 radical (unpaired) electrons. The highest BCUT2D eigenvalue weighted by Crippen LogP contribution is 2.42. The summed E-state index contributed by atoms with van der Waals surface area (Å²) in [7, 11) is 0. The molecule has 7 aromatic carbocycles. The first-order chi connectivity index (χ1) is 30.2. The molecule has 0 unspecified atom stereocenters. The molecule has 288 valence electrons. The highest BCUT2D eigenvalue weighted by molar-refractivity contribution is 6.11. The Morgan fingerprint density at radius 2 is 0.918 bits per heavy atom. The van der Waals surface area contributed by atoms with Crippen molar-refractivity contribution in [2.24, 2.45) is 0 Å². The highest BCUT2D eigenvalue weighted by Gasteiger charge is 2.19. The Hall–Kier alpha value is -8.56. The molecule has 9 heteroatoms. The fourth-order valence-electron chi connectivity index (χ4n) is 8.14. The van der Waals surface area contributed by atoms with Crippen molar-refractivity contribution in [2.45, 2.75) is 0 Å². The largest absolute Gasteiger partial charge is 0.456 e. The summed E-state index contributed by atoms with van der Waals surface area (Å²) in [5.41, 5.74) is 12.4. The second-order valence-electron chi connectivity index (χ2n) is 14.8. The van der Waals surface area contributed by atoms with Gasteiger partial charge in [0.2, 0.25) is 11.8 Å². The highest BCUT2D eigenvalue weighted by atomic mass is 16.4. The Bertz CT molecular complexity index is 3310. The predicted molar refractivity (Wildman–Crippen MR) is 242 cm³/mol. The van der Waals surface area contributed by atoms with Gasteiger partial charge in [-0.25, -0.2) is 9.97 Å². The first-order valence-corrected chi connectivity index (χ1v) is 19.9. The van der Waals surface area contributed by atoms with E-state index in [1.807, 2.05) is 97.2 Å². The van der Waals surface area contributed by atoms with Gasteiger partial charge in [0.1, 0.15) is 22.2 Å². The van der Waals surface area contributed by atoms with Crippen LogP contribution in [0.4, 0.5) is 34.1 Å². The van der Waals surface area contributed by atoms with E-state index < -0.39 is 0 Å². The van der Waals surface area contributed by atoms with E-state index >= 15 is 0 Å². The molecule has 5 aromatic heterocycles. The Morgan fingerprint density at radius 3 is 1.56 bits per heavy atom. The van der Waals surface area contributed by atoms with Gasteiger partial charge in [0.05, 0.1) is 11.9 Å². The predicted octanol–water partition coefficient (Wildman–Crippen LogP) is 14.1. The number of furan rings is 1. The van der Waals surface area contributed by atoms with Gasteiger partial charge in [-0.1, -0.05) is 30.3 Å². The smallest absolute Gasteiger partial charge is 0.227 e. The molecule has 61 heavy (non-hydrogen) atoms. The fraction of sp³-hybridized carbons (Fsp3) is 0. The Labute approximate surface area is 348 Å². The summed E-state index contributed by atoms with van der Waals surface area (Å²) in [5.74, 6) is 1.17. The van der Waals surface area contributed by atoms with Crippen molar-refractivity contribution in [1.29, 1.82) is 0 Å². The summed E-state index contributed by atoms with van der Waals surface area (Å²) >= 11 is 0. The molecule has 0 N–H and O–H groups in total. The number of rotatable bonds is 8. The van der Waals surface area contributed by atoms with Gasteiger partial charge in [-0.15, -0.1) is 0 Å². The second kappa shape index (κ2) is 14.1. The lowest BCUT2D eigenvalue weighted by Crippen LogP contribution is -2.10. The van der Waals surface area contributed by atoms with Gasteiger partial charge >= 0.3 is 0 Å². The fourth-order valence-corrected chi connectivity index (χ4v) is 8.14. The molecule has 0 aliphatic carbocycles. The Morgan fingerprint density at radius 1 is 0.344 bits per heavy atom. The lowest BCUT2D eigenvalue weighted by molar-refractivity contribution is 0.619. The number of fused-ring (bicyclic) bond motifs is 6. The minimum absolute atomic E-state index is 0.586. The minimum atomic E-state index is 0.586. The molecule has 0 saturated heterocycles. The van der Waals surface area contributed by atoms with Gasteiger partial charge in [0.15, 0.2) is 11.2 Å². The molecule has 0 atom stereocenters. The third-order valence-corrected chi connectivity index (χ3v) is 11.1. The van der Waals surface area contributed by atoms with E-state index in [-0.39, 0.29) is 0 Å². The zero-order valence-corrected chi connectivity index (χ0v) is 32.4. The molecular formula is C52H32N6O3. The monoisotopic (exact) mass is 788 g/mol. The number of aromatic nitrogens is 4. The molecule has 9 nitrogen and oxygen atoms in total. The normalized spacial score (nSPS) is 11.6. The van der Waals surface area contributed by atoms with E-state index in [4.69, 9.17) is 23.2 Å². The molecule has 12 rings (SSSR count). The summed E-state index contributed by atoms with van der Waals surface area (Å²) in [4.78, 5) is 22.5. The average Bonchev–Trinajstić information content (AvgIpc) is 4.05. The number of oxazole rings is 2. The van der Waals surface area contributed by atoms with Crippen LogP contribution in [0.3, 0.4) is 0 Å². The van der Waals surface area contributed by atoms with Crippen molar-refractivity contribution < 1.29 is 13.3 Å². The summed E-state index contributed by atoms with van der Waals surface area (Å²) in [6.07, 6.45) is 7.27. The number of hydrogen-bond acceptors (Lipinski definition) is 9. The lowest BCUT2D eigenvalue weighted by atomic mass is 10.0. The van der Waals surface area contributed by atoms with E-state index in [1.54, 1.807) is 18.6 Å². The number of pyridine rings is 2. The van der Waals surface area contributed by atoms with Gasteiger partial charge in [-0.3, -0.25) is 9.97 Å². The maximum atomic E-state index is 6.68. The molecule has 0 bridgehead atoms. The van der Waals surface area contributed by atoms with Crippen LogP contribution in [-0.4, -0.2) is 19.9 Å². The molecule has 0 aliphatic heterocycles. The molecule has 12 aromatic rings. The number of nitrogens with zero attached hydrogens (tertiary/aromatic N) is 6. The minimum Gasteiger partial charge on any atom is -0.456 e. The van der Waals surface area contributed by atoms with Crippen molar-refractivity contribution in [2.75, 3.05) is 9.80 Å². The SMILES string of the molecule is c1cncc(N(c2ccc(-c3nc4ccccc4o3)cc2)c2ccc3cc4c(cc3c2)oc2cc(N(c3ccncc3)c3ccc(-c5nc6ccccc6o5)cc3)ccc24)c1. The maximum absolute atomic E-state index is 6.68. The number of anilines is 6. The standard InChI is InChI=1S/C52H32N6O3/c1-3-9-47-45(7-1)55-51(60-47)33-11-16-37(17-12-33)57(39-23-26-53-27-24-39)41-21-22-43-44-29-35-15-20-40(28-36(35)30-49(44)59-50(43)31-41)58(42-6-5-25-54-32-42)38-18-13-34(14-19-38)52-56-46-8-2-4-10-48(46)61-52/h1-32H. The maximum Gasteiger partial charge on any atom is 0.227 e. The van der Waals surface area contributed by atoms with Crippen molar-refractivity contribution in [3.05, 3.63) is 195 Å². The Kier molecular flexibility index (Phi) is 7.95. The van der Waals surface area contributed by atoms with Crippen LogP contribution in [0.1, 0.15) is 0 Å².